The standard InChI is InChI=1S/C11H21NO/c1-5-6-11(13)7-10(3)12(4)8-9(11)2/h5,9-10,13H,1,6-8H2,2-4H3/t9-,10+,11-/m0/s1. The molecule has 0 amide bonds. The molecule has 0 aliphatic carbocycles. The number of hydrogen-bond acceptors (Lipinski definition) is 2. The number of nitrogens with zero attached hydrogens (tertiary/aromatic N) is 1. The third-order valence-corrected chi connectivity index (χ3v) is 3.38. The Bertz CT molecular complexity index is 193. The second-order valence-corrected chi connectivity index (χ2v) is 4.49. The van der Waals surface area contributed by atoms with Gasteiger partial charge in [0.2, 0.25) is 0 Å². The first kappa shape index (κ1) is 10.7. The SMILES string of the molecule is C=CC[C@]1(O)C[C@@H](C)N(C)C[C@@H]1C. The second-order valence-electron chi connectivity index (χ2n) is 4.49. The third kappa shape index (κ3) is 2.12. The van der Waals surface area contributed by atoms with E-state index in [1.165, 1.54) is 0 Å². The first-order valence-corrected chi connectivity index (χ1v) is 5.03. The molecule has 1 saturated heterocycles. The molecule has 0 unspecified atom stereocenters. The molecule has 1 fully saturated rings. The lowest BCUT2D eigenvalue weighted by molar-refractivity contribution is -0.0759. The Hall–Kier alpha value is -0.340. The van der Waals surface area contributed by atoms with Crippen LogP contribution in [0.2, 0.25) is 0 Å². The number of hydrogen-bond donors (Lipinski definition) is 1. The summed E-state index contributed by atoms with van der Waals surface area (Å²) in [5.74, 6) is 0.340. The first-order valence-electron chi connectivity index (χ1n) is 5.03. The van der Waals surface area contributed by atoms with E-state index >= 15 is 0 Å². The van der Waals surface area contributed by atoms with Gasteiger partial charge < -0.3 is 10.0 Å². The molecule has 1 rings (SSSR count). The van der Waals surface area contributed by atoms with Crippen molar-refractivity contribution >= 4 is 0 Å². The maximum Gasteiger partial charge on any atom is 0.0734 e. The molecule has 1 heterocycles. The van der Waals surface area contributed by atoms with E-state index in [0.717, 1.165) is 13.0 Å². The van der Waals surface area contributed by atoms with Gasteiger partial charge in [0.15, 0.2) is 0 Å². The molecule has 1 aliphatic heterocycles. The average Bonchev–Trinajstić information content (AvgIpc) is 2.02. The van der Waals surface area contributed by atoms with Crippen LogP contribution in [0.15, 0.2) is 12.7 Å². The van der Waals surface area contributed by atoms with Gasteiger partial charge >= 0.3 is 0 Å². The van der Waals surface area contributed by atoms with Gasteiger partial charge in [-0.25, -0.2) is 0 Å². The highest BCUT2D eigenvalue weighted by Gasteiger charge is 2.39. The van der Waals surface area contributed by atoms with Gasteiger partial charge in [-0.15, -0.1) is 6.58 Å². The van der Waals surface area contributed by atoms with Gasteiger partial charge in [0, 0.05) is 12.6 Å². The predicted molar refractivity (Wildman–Crippen MR) is 55.6 cm³/mol. The van der Waals surface area contributed by atoms with Crippen molar-refractivity contribution in [1.82, 2.24) is 4.90 Å². The topological polar surface area (TPSA) is 23.5 Å². The van der Waals surface area contributed by atoms with Crippen LogP contribution in [0.25, 0.3) is 0 Å². The molecule has 0 spiro atoms. The zero-order chi connectivity index (χ0) is 10.1. The Morgan fingerprint density at radius 3 is 2.77 bits per heavy atom. The smallest absolute Gasteiger partial charge is 0.0734 e. The van der Waals surface area contributed by atoms with E-state index in [4.69, 9.17) is 0 Å². The van der Waals surface area contributed by atoms with Crippen molar-refractivity contribution in [2.45, 2.75) is 38.3 Å². The van der Waals surface area contributed by atoms with Crippen LogP contribution < -0.4 is 0 Å². The van der Waals surface area contributed by atoms with Crippen molar-refractivity contribution < 1.29 is 5.11 Å². The van der Waals surface area contributed by atoms with Crippen molar-refractivity contribution in [3.8, 4) is 0 Å². The van der Waals surface area contributed by atoms with Crippen LogP contribution in [0.5, 0.6) is 0 Å². The summed E-state index contributed by atoms with van der Waals surface area (Å²) in [6.07, 6.45) is 3.40. The van der Waals surface area contributed by atoms with E-state index in [0.29, 0.717) is 18.4 Å². The molecule has 0 aromatic carbocycles. The molecule has 0 saturated carbocycles. The highest BCUT2D eigenvalue weighted by Crippen LogP contribution is 2.33. The Morgan fingerprint density at radius 1 is 1.62 bits per heavy atom. The summed E-state index contributed by atoms with van der Waals surface area (Å²) in [6, 6.07) is 0.473. The maximum absolute atomic E-state index is 10.3. The van der Waals surface area contributed by atoms with Gasteiger partial charge in [-0.3, -0.25) is 0 Å². The number of likely N-dealkylation sites (tertiary alicyclic amines) is 1. The monoisotopic (exact) mass is 183 g/mol. The average molecular weight is 183 g/mol. The van der Waals surface area contributed by atoms with Gasteiger partial charge in [-0.05, 0) is 32.7 Å². The number of aliphatic hydroxyl groups is 1. The van der Waals surface area contributed by atoms with E-state index in [1.807, 2.05) is 6.08 Å². The predicted octanol–water partition coefficient (Wildman–Crippen LogP) is 1.65. The zero-order valence-electron chi connectivity index (χ0n) is 8.95. The molecule has 0 bridgehead atoms. The van der Waals surface area contributed by atoms with Crippen molar-refractivity contribution in [2.75, 3.05) is 13.6 Å². The van der Waals surface area contributed by atoms with E-state index in [9.17, 15) is 5.11 Å². The summed E-state index contributed by atoms with van der Waals surface area (Å²) < 4.78 is 0. The molecular formula is C11H21NO. The Labute approximate surface area is 81.2 Å². The van der Waals surface area contributed by atoms with Crippen molar-refractivity contribution in [1.29, 1.82) is 0 Å². The minimum atomic E-state index is -0.520. The van der Waals surface area contributed by atoms with Crippen molar-refractivity contribution in [3.63, 3.8) is 0 Å². The molecule has 1 aliphatic rings. The van der Waals surface area contributed by atoms with Crippen LogP contribution in [-0.2, 0) is 0 Å². The van der Waals surface area contributed by atoms with Crippen LogP contribution in [0.4, 0.5) is 0 Å². The third-order valence-electron chi connectivity index (χ3n) is 3.38. The molecule has 13 heavy (non-hydrogen) atoms. The second kappa shape index (κ2) is 3.81. The summed E-state index contributed by atoms with van der Waals surface area (Å²) in [5.41, 5.74) is -0.520. The molecule has 3 atom stereocenters. The summed E-state index contributed by atoms with van der Waals surface area (Å²) >= 11 is 0. The van der Waals surface area contributed by atoms with Gasteiger partial charge in [-0.1, -0.05) is 13.0 Å². The molecule has 76 valence electrons. The van der Waals surface area contributed by atoms with Crippen LogP contribution >= 0.6 is 0 Å². The molecule has 2 nitrogen and oxygen atoms in total. The molecule has 0 aromatic rings. The van der Waals surface area contributed by atoms with E-state index in [-0.39, 0.29) is 0 Å². The molecule has 1 N–H and O–H groups in total. The van der Waals surface area contributed by atoms with Gasteiger partial charge in [0.05, 0.1) is 5.60 Å². The van der Waals surface area contributed by atoms with E-state index in [1.54, 1.807) is 0 Å². The van der Waals surface area contributed by atoms with Gasteiger partial charge in [-0.2, -0.15) is 0 Å². The molecule has 0 aromatic heterocycles. The lowest BCUT2D eigenvalue weighted by Crippen LogP contribution is -2.53. The summed E-state index contributed by atoms with van der Waals surface area (Å²) in [4.78, 5) is 2.31. The Morgan fingerprint density at radius 2 is 2.23 bits per heavy atom. The van der Waals surface area contributed by atoms with Gasteiger partial charge in [0.25, 0.3) is 0 Å². The van der Waals surface area contributed by atoms with Crippen molar-refractivity contribution in [2.24, 2.45) is 5.92 Å². The van der Waals surface area contributed by atoms with Crippen LogP contribution in [0.3, 0.4) is 0 Å². The first-order chi connectivity index (χ1) is 5.99. The summed E-state index contributed by atoms with van der Waals surface area (Å²) in [6.45, 7) is 8.97. The normalized spacial score (nSPS) is 41.8. The van der Waals surface area contributed by atoms with E-state index in [2.05, 4.69) is 32.4 Å². The van der Waals surface area contributed by atoms with Crippen molar-refractivity contribution in [3.05, 3.63) is 12.7 Å². The fourth-order valence-corrected chi connectivity index (χ4v) is 2.18. The quantitative estimate of drug-likeness (QED) is 0.658. The molecular weight excluding hydrogens is 162 g/mol. The highest BCUT2D eigenvalue weighted by molar-refractivity contribution is 4.97. The zero-order valence-corrected chi connectivity index (χ0v) is 8.95. The number of rotatable bonds is 2. The summed E-state index contributed by atoms with van der Waals surface area (Å²) in [7, 11) is 2.12. The van der Waals surface area contributed by atoms with Crippen LogP contribution in [0, 0.1) is 5.92 Å². The van der Waals surface area contributed by atoms with E-state index < -0.39 is 5.60 Å². The summed E-state index contributed by atoms with van der Waals surface area (Å²) in [5, 5.41) is 10.3. The minimum absolute atomic E-state index is 0.340. The fourth-order valence-electron chi connectivity index (χ4n) is 2.18. The van der Waals surface area contributed by atoms with Crippen LogP contribution in [0.1, 0.15) is 26.7 Å². The molecule has 0 radical (unpaired) electrons. The lowest BCUT2D eigenvalue weighted by atomic mass is 9.77. The largest absolute Gasteiger partial charge is 0.389 e. The van der Waals surface area contributed by atoms with Gasteiger partial charge in [0.1, 0.15) is 0 Å². The maximum atomic E-state index is 10.3. The Kier molecular flexibility index (Phi) is 3.14. The van der Waals surface area contributed by atoms with Crippen LogP contribution in [-0.4, -0.2) is 35.2 Å². The lowest BCUT2D eigenvalue weighted by Gasteiger charge is -2.45. The highest BCUT2D eigenvalue weighted by atomic mass is 16.3. The fraction of sp³-hybridized carbons (Fsp3) is 0.818. The number of piperidine rings is 1. The Balaban J connectivity index is 2.69. The minimum Gasteiger partial charge on any atom is -0.389 e. The molecule has 2 heteroatoms.